The lowest BCUT2D eigenvalue weighted by Crippen LogP contribution is -2.31. The van der Waals surface area contributed by atoms with Gasteiger partial charge in [-0.25, -0.2) is 9.67 Å². The molecule has 4 aromatic rings. The summed E-state index contributed by atoms with van der Waals surface area (Å²) in [7, 11) is 0. The minimum Gasteiger partial charge on any atom is -0.345 e. The molecule has 0 radical (unpaired) electrons. The second kappa shape index (κ2) is 7.11. The number of carbonyl (C=O) groups is 1. The molecule has 7 nitrogen and oxygen atoms in total. The number of H-pyrrole nitrogens is 1. The lowest BCUT2D eigenvalue weighted by molar-refractivity contribution is 0.0938. The number of nitrogens with zero attached hydrogens (tertiary/aromatic N) is 3. The molecular formula is C21H19N5O2. The maximum Gasteiger partial charge on any atom is 0.263 e. The van der Waals surface area contributed by atoms with Crippen LogP contribution in [-0.4, -0.2) is 25.7 Å². The average molecular weight is 373 g/mol. The fourth-order valence-corrected chi connectivity index (χ4v) is 3.34. The van der Waals surface area contributed by atoms with Crippen LogP contribution in [0.2, 0.25) is 0 Å². The Morgan fingerprint density at radius 3 is 2.75 bits per heavy atom. The number of benzene rings is 2. The first kappa shape index (κ1) is 17.7. The minimum atomic E-state index is -0.473. The van der Waals surface area contributed by atoms with Gasteiger partial charge in [-0.3, -0.25) is 9.59 Å². The zero-order chi connectivity index (χ0) is 19.7. The van der Waals surface area contributed by atoms with Crippen molar-refractivity contribution in [1.82, 2.24) is 25.1 Å². The summed E-state index contributed by atoms with van der Waals surface area (Å²) < 4.78 is 1.87. The number of aromatic nitrogens is 4. The van der Waals surface area contributed by atoms with E-state index in [0.717, 1.165) is 27.7 Å². The van der Waals surface area contributed by atoms with Crippen LogP contribution in [0.5, 0.6) is 0 Å². The van der Waals surface area contributed by atoms with Crippen molar-refractivity contribution in [2.24, 2.45) is 0 Å². The molecule has 4 rings (SSSR count). The number of nitrogens with one attached hydrogen (secondary N) is 2. The van der Waals surface area contributed by atoms with Crippen LogP contribution in [0.3, 0.4) is 0 Å². The van der Waals surface area contributed by atoms with E-state index in [1.54, 1.807) is 6.20 Å². The summed E-state index contributed by atoms with van der Waals surface area (Å²) in [5.41, 5.74) is 2.28. The fraction of sp³-hybridized carbons (Fsp3) is 0.143. The number of amides is 1. The van der Waals surface area contributed by atoms with Gasteiger partial charge in [0.2, 0.25) is 0 Å². The molecule has 1 amide bonds. The van der Waals surface area contributed by atoms with Gasteiger partial charge < -0.3 is 10.3 Å². The molecule has 2 heterocycles. The molecule has 7 heteroatoms. The summed E-state index contributed by atoms with van der Waals surface area (Å²) >= 11 is 0. The van der Waals surface area contributed by atoms with Crippen LogP contribution in [0.15, 0.2) is 66.0 Å². The van der Waals surface area contributed by atoms with Crippen LogP contribution < -0.4 is 10.9 Å². The van der Waals surface area contributed by atoms with Gasteiger partial charge in [-0.2, -0.15) is 5.10 Å². The van der Waals surface area contributed by atoms with Crippen molar-refractivity contribution in [2.45, 2.75) is 19.9 Å². The summed E-state index contributed by atoms with van der Waals surface area (Å²) in [6.07, 6.45) is 4.25. The van der Waals surface area contributed by atoms with E-state index in [2.05, 4.69) is 38.6 Å². The van der Waals surface area contributed by atoms with Crippen LogP contribution >= 0.6 is 0 Å². The average Bonchev–Trinajstić information content (AvgIpc) is 3.09. The highest BCUT2D eigenvalue weighted by molar-refractivity contribution is 5.93. The topological polar surface area (TPSA) is 92.7 Å². The van der Waals surface area contributed by atoms with Gasteiger partial charge in [-0.1, -0.05) is 36.4 Å². The summed E-state index contributed by atoms with van der Waals surface area (Å²) in [4.78, 5) is 30.4. The Balaban J connectivity index is 1.66. The van der Waals surface area contributed by atoms with Crippen molar-refractivity contribution in [2.75, 3.05) is 0 Å². The van der Waals surface area contributed by atoms with Gasteiger partial charge in [0.05, 0.1) is 24.3 Å². The Hall–Kier alpha value is -3.74. The Kier molecular flexibility index (Phi) is 4.49. The number of carbonyl (C=O) groups excluding carboxylic acids is 1. The van der Waals surface area contributed by atoms with Crippen LogP contribution in [0.1, 0.15) is 34.6 Å². The Labute approximate surface area is 161 Å². The van der Waals surface area contributed by atoms with Crippen molar-refractivity contribution in [3.8, 4) is 5.69 Å². The van der Waals surface area contributed by atoms with Crippen LogP contribution in [0.4, 0.5) is 0 Å². The van der Waals surface area contributed by atoms with E-state index in [1.807, 2.05) is 42.8 Å². The molecule has 1 atom stereocenters. The van der Waals surface area contributed by atoms with Crippen LogP contribution in [-0.2, 0) is 0 Å². The van der Waals surface area contributed by atoms with Crippen molar-refractivity contribution < 1.29 is 4.79 Å². The molecule has 2 aromatic carbocycles. The first-order chi connectivity index (χ1) is 13.6. The quantitative estimate of drug-likeness (QED) is 0.575. The van der Waals surface area contributed by atoms with E-state index in [1.165, 1.54) is 12.5 Å². The van der Waals surface area contributed by atoms with Gasteiger partial charge in [0.15, 0.2) is 0 Å². The standard InChI is InChI=1S/C21H19N5O2/c1-13(25-21(28)18-10-22-12-23-20(18)27)17-11-24-26(14(17)2)19-9-5-7-15-6-3-4-8-16(15)19/h3-13H,1-2H3,(H,25,28)(H,22,23,27)/t13-/m1/s1. The molecule has 0 saturated heterocycles. The second-order valence-electron chi connectivity index (χ2n) is 6.58. The van der Waals surface area contributed by atoms with E-state index in [-0.39, 0.29) is 11.6 Å². The number of hydrogen-bond acceptors (Lipinski definition) is 4. The minimum absolute atomic E-state index is 0.0200. The molecule has 0 aliphatic carbocycles. The molecular weight excluding hydrogens is 354 g/mol. The van der Waals surface area contributed by atoms with Gasteiger partial charge >= 0.3 is 0 Å². The largest absolute Gasteiger partial charge is 0.345 e. The molecule has 0 saturated carbocycles. The lowest BCUT2D eigenvalue weighted by Gasteiger charge is -2.14. The monoisotopic (exact) mass is 373 g/mol. The van der Waals surface area contributed by atoms with Gasteiger partial charge in [-0.05, 0) is 25.3 Å². The van der Waals surface area contributed by atoms with E-state index in [0.29, 0.717) is 0 Å². The number of fused-ring (bicyclic) bond motifs is 1. The molecule has 0 bridgehead atoms. The first-order valence-electron chi connectivity index (χ1n) is 8.92. The maximum atomic E-state index is 12.4. The van der Waals surface area contributed by atoms with Crippen molar-refractivity contribution in [3.05, 3.63) is 88.4 Å². The molecule has 0 spiro atoms. The van der Waals surface area contributed by atoms with Crippen molar-refractivity contribution >= 4 is 16.7 Å². The zero-order valence-corrected chi connectivity index (χ0v) is 15.5. The van der Waals surface area contributed by atoms with Crippen molar-refractivity contribution in [3.63, 3.8) is 0 Å². The van der Waals surface area contributed by atoms with Gasteiger partial charge in [0.25, 0.3) is 11.5 Å². The fourth-order valence-electron chi connectivity index (χ4n) is 3.34. The third-order valence-electron chi connectivity index (χ3n) is 4.82. The number of hydrogen-bond donors (Lipinski definition) is 2. The summed E-state index contributed by atoms with van der Waals surface area (Å²) in [5.74, 6) is -0.473. The third kappa shape index (κ3) is 3.07. The smallest absolute Gasteiger partial charge is 0.263 e. The second-order valence-corrected chi connectivity index (χ2v) is 6.58. The maximum absolute atomic E-state index is 12.4. The van der Waals surface area contributed by atoms with Crippen LogP contribution in [0, 0.1) is 6.92 Å². The summed E-state index contributed by atoms with van der Waals surface area (Å²) in [6.45, 7) is 3.82. The lowest BCUT2D eigenvalue weighted by atomic mass is 10.1. The van der Waals surface area contributed by atoms with Gasteiger partial charge in [0, 0.05) is 22.8 Å². The van der Waals surface area contributed by atoms with Gasteiger partial charge in [-0.15, -0.1) is 0 Å². The van der Waals surface area contributed by atoms with E-state index >= 15 is 0 Å². The highest BCUT2D eigenvalue weighted by Gasteiger charge is 2.19. The number of rotatable bonds is 4. The summed E-state index contributed by atoms with van der Waals surface area (Å²) in [5, 5.41) is 9.62. The van der Waals surface area contributed by atoms with Gasteiger partial charge in [0.1, 0.15) is 5.56 Å². The predicted molar refractivity (Wildman–Crippen MR) is 107 cm³/mol. The molecule has 2 aromatic heterocycles. The molecule has 0 aliphatic rings. The molecule has 28 heavy (non-hydrogen) atoms. The molecule has 2 N–H and O–H groups in total. The van der Waals surface area contributed by atoms with E-state index in [9.17, 15) is 9.59 Å². The molecule has 0 unspecified atom stereocenters. The molecule has 0 aliphatic heterocycles. The highest BCUT2D eigenvalue weighted by Crippen LogP contribution is 2.25. The van der Waals surface area contributed by atoms with Crippen LogP contribution in [0.25, 0.3) is 16.5 Å². The highest BCUT2D eigenvalue weighted by atomic mass is 16.2. The third-order valence-corrected chi connectivity index (χ3v) is 4.82. The normalized spacial score (nSPS) is 12.1. The zero-order valence-electron chi connectivity index (χ0n) is 15.5. The molecule has 140 valence electrons. The summed E-state index contributed by atoms with van der Waals surface area (Å²) in [6, 6.07) is 13.9. The Bertz CT molecular complexity index is 1220. The molecule has 0 fully saturated rings. The van der Waals surface area contributed by atoms with E-state index in [4.69, 9.17) is 0 Å². The van der Waals surface area contributed by atoms with E-state index < -0.39 is 11.5 Å². The SMILES string of the molecule is Cc1c([C@@H](C)NC(=O)c2cnc[nH]c2=O)cnn1-c1cccc2ccccc12. The Morgan fingerprint density at radius 2 is 1.93 bits per heavy atom. The van der Waals surface area contributed by atoms with Crippen molar-refractivity contribution in [1.29, 1.82) is 0 Å². The first-order valence-corrected chi connectivity index (χ1v) is 8.92. The Morgan fingerprint density at radius 1 is 1.14 bits per heavy atom. The predicted octanol–water partition coefficient (Wildman–Crippen LogP) is 2.91. The number of aromatic amines is 1.